The maximum absolute atomic E-state index is 11.6. The number of carbonyl (C=O) groups excluding carboxylic acids is 1. The number of amides is 2. The van der Waals surface area contributed by atoms with Gasteiger partial charge >= 0.3 is 12.2 Å². The number of likely N-dealkylation sites (tertiary alicyclic amines) is 1. The monoisotopic (exact) mass is 282 g/mol. The summed E-state index contributed by atoms with van der Waals surface area (Å²) in [5.41, 5.74) is -1.14. The van der Waals surface area contributed by atoms with Crippen molar-refractivity contribution in [2.24, 2.45) is 11.3 Å². The van der Waals surface area contributed by atoms with Gasteiger partial charge in [0.1, 0.15) is 5.60 Å². The van der Waals surface area contributed by atoms with Gasteiger partial charge in [0.05, 0.1) is 5.41 Å². The minimum atomic E-state index is -0.944. The number of carbonyl (C=O) groups is 2. The van der Waals surface area contributed by atoms with Crippen molar-refractivity contribution >= 4 is 12.2 Å². The molecule has 1 aliphatic heterocycles. The largest absolute Gasteiger partial charge is 0.465 e. The number of hydrogen-bond donors (Lipinski definition) is 2. The van der Waals surface area contributed by atoms with Crippen LogP contribution in [0.5, 0.6) is 0 Å². The molecular formula is C14H22N2O4. The minimum absolute atomic E-state index is 0.0403. The molecule has 0 aromatic rings. The van der Waals surface area contributed by atoms with Crippen LogP contribution in [0.15, 0.2) is 0 Å². The fraction of sp³-hybridized carbons (Fsp3) is 0.714. The Balaban J connectivity index is 2.49. The summed E-state index contributed by atoms with van der Waals surface area (Å²) in [7, 11) is 0. The van der Waals surface area contributed by atoms with E-state index < -0.39 is 23.2 Å². The van der Waals surface area contributed by atoms with Gasteiger partial charge in [-0.1, -0.05) is 5.92 Å². The first kappa shape index (κ1) is 16.2. The third-order valence-corrected chi connectivity index (χ3v) is 3.38. The van der Waals surface area contributed by atoms with Crippen molar-refractivity contribution in [2.75, 3.05) is 19.6 Å². The molecule has 0 saturated carbocycles. The van der Waals surface area contributed by atoms with Crippen LogP contribution in [0.1, 0.15) is 27.7 Å². The van der Waals surface area contributed by atoms with Crippen molar-refractivity contribution < 1.29 is 19.4 Å². The Bertz CT molecular complexity index is 429. The topological polar surface area (TPSA) is 78.9 Å². The van der Waals surface area contributed by atoms with Gasteiger partial charge in [-0.05, 0) is 27.7 Å². The maximum Gasteiger partial charge on any atom is 0.407 e. The van der Waals surface area contributed by atoms with Gasteiger partial charge in [0.15, 0.2) is 0 Å². The Morgan fingerprint density at radius 2 is 1.95 bits per heavy atom. The normalized spacial score (nSPS) is 18.4. The first-order chi connectivity index (χ1) is 9.07. The Labute approximate surface area is 119 Å². The summed E-state index contributed by atoms with van der Waals surface area (Å²) < 4.78 is 5.15. The van der Waals surface area contributed by atoms with Crippen LogP contribution in [0.25, 0.3) is 0 Å². The molecule has 0 radical (unpaired) electrons. The summed E-state index contributed by atoms with van der Waals surface area (Å²) in [6.07, 6.45) is 4.08. The van der Waals surface area contributed by atoms with Crippen LogP contribution in [-0.4, -0.2) is 47.4 Å². The highest BCUT2D eigenvalue weighted by Crippen LogP contribution is 2.33. The Kier molecular flexibility index (Phi) is 4.53. The van der Waals surface area contributed by atoms with Crippen LogP contribution in [0.3, 0.4) is 0 Å². The molecule has 0 aliphatic carbocycles. The Hall–Kier alpha value is -1.90. The van der Waals surface area contributed by atoms with E-state index in [0.29, 0.717) is 13.1 Å². The quantitative estimate of drug-likeness (QED) is 0.773. The van der Waals surface area contributed by atoms with Crippen molar-refractivity contribution in [2.45, 2.75) is 33.3 Å². The van der Waals surface area contributed by atoms with E-state index in [9.17, 15) is 9.59 Å². The van der Waals surface area contributed by atoms with Crippen LogP contribution >= 0.6 is 0 Å². The summed E-state index contributed by atoms with van der Waals surface area (Å²) in [4.78, 5) is 23.7. The molecule has 0 aromatic heterocycles. The fourth-order valence-electron chi connectivity index (χ4n) is 1.92. The molecule has 1 unspecified atom stereocenters. The summed E-state index contributed by atoms with van der Waals surface area (Å²) in [5, 5.41) is 11.5. The lowest BCUT2D eigenvalue weighted by Gasteiger charge is -2.45. The van der Waals surface area contributed by atoms with Gasteiger partial charge in [-0.3, -0.25) is 0 Å². The average molecular weight is 282 g/mol. The molecule has 1 aliphatic rings. The lowest BCUT2D eigenvalue weighted by molar-refractivity contribution is 0.0297. The molecular weight excluding hydrogens is 260 g/mol. The molecule has 6 heteroatoms. The van der Waals surface area contributed by atoms with E-state index in [1.165, 1.54) is 4.90 Å². The van der Waals surface area contributed by atoms with Crippen molar-refractivity contribution in [1.29, 1.82) is 0 Å². The molecule has 0 spiro atoms. The van der Waals surface area contributed by atoms with Gasteiger partial charge in [0, 0.05) is 25.6 Å². The van der Waals surface area contributed by atoms with Gasteiger partial charge in [0.25, 0.3) is 0 Å². The molecule has 20 heavy (non-hydrogen) atoms. The van der Waals surface area contributed by atoms with Gasteiger partial charge in [0.2, 0.25) is 0 Å². The molecule has 1 fully saturated rings. The van der Waals surface area contributed by atoms with Crippen LogP contribution in [-0.2, 0) is 4.74 Å². The van der Waals surface area contributed by atoms with Crippen LogP contribution in [0.4, 0.5) is 9.59 Å². The molecule has 0 bridgehead atoms. The lowest BCUT2D eigenvalue weighted by Crippen LogP contribution is -2.57. The Morgan fingerprint density at radius 1 is 1.40 bits per heavy atom. The molecule has 2 N–H and O–H groups in total. The van der Waals surface area contributed by atoms with Gasteiger partial charge in [-0.15, -0.1) is 6.42 Å². The second-order valence-electron chi connectivity index (χ2n) is 6.30. The highest BCUT2D eigenvalue weighted by Gasteiger charge is 2.43. The zero-order chi connectivity index (χ0) is 15.6. The molecule has 0 aromatic carbocycles. The molecule has 2 amide bonds. The van der Waals surface area contributed by atoms with E-state index in [0.717, 1.165) is 0 Å². The maximum atomic E-state index is 11.6. The van der Waals surface area contributed by atoms with Crippen molar-refractivity contribution in [3.63, 3.8) is 0 Å². The number of alkyl carbamates (subject to hydrolysis) is 1. The van der Waals surface area contributed by atoms with E-state index >= 15 is 0 Å². The van der Waals surface area contributed by atoms with Gasteiger partial charge in [-0.25, -0.2) is 9.59 Å². The van der Waals surface area contributed by atoms with Crippen LogP contribution in [0.2, 0.25) is 0 Å². The summed E-state index contributed by atoms with van der Waals surface area (Å²) in [6, 6.07) is 0. The number of hydrogen-bond acceptors (Lipinski definition) is 3. The van der Waals surface area contributed by atoms with Crippen molar-refractivity contribution in [3.05, 3.63) is 0 Å². The average Bonchev–Trinajstić information content (AvgIpc) is 2.21. The number of ether oxygens (including phenoxy) is 1. The van der Waals surface area contributed by atoms with Crippen LogP contribution < -0.4 is 5.32 Å². The standard InChI is InChI=1S/C14H22N2O4/c1-6-14(5,10-7-16(8-10)12(18)19)9-15-11(17)20-13(2,3)4/h1,10H,7-9H2,2-5H3,(H,15,17)(H,18,19). The number of nitrogens with zero attached hydrogens (tertiary/aromatic N) is 1. The zero-order valence-corrected chi connectivity index (χ0v) is 12.4. The summed E-state index contributed by atoms with van der Waals surface area (Å²) in [6.45, 7) is 8.24. The Morgan fingerprint density at radius 3 is 2.35 bits per heavy atom. The van der Waals surface area contributed by atoms with Gasteiger partial charge < -0.3 is 20.1 Å². The molecule has 1 atom stereocenters. The highest BCUT2D eigenvalue weighted by atomic mass is 16.6. The molecule has 1 rings (SSSR count). The third kappa shape index (κ3) is 4.05. The SMILES string of the molecule is C#CC(C)(CNC(=O)OC(C)(C)C)C1CN(C(=O)O)C1. The number of carboxylic acid groups (broad SMARTS) is 1. The van der Waals surface area contributed by atoms with Gasteiger partial charge in [-0.2, -0.15) is 0 Å². The van der Waals surface area contributed by atoms with E-state index in [-0.39, 0.29) is 12.5 Å². The minimum Gasteiger partial charge on any atom is -0.465 e. The van der Waals surface area contributed by atoms with Crippen molar-refractivity contribution in [3.8, 4) is 12.3 Å². The first-order valence-corrected chi connectivity index (χ1v) is 6.50. The molecule has 1 heterocycles. The number of rotatable bonds is 3. The molecule has 112 valence electrons. The fourth-order valence-corrected chi connectivity index (χ4v) is 1.92. The van der Waals surface area contributed by atoms with E-state index in [1.807, 2.05) is 6.92 Å². The second kappa shape index (κ2) is 5.61. The second-order valence-corrected chi connectivity index (χ2v) is 6.30. The first-order valence-electron chi connectivity index (χ1n) is 6.50. The predicted octanol–water partition coefficient (Wildman–Crippen LogP) is 1.76. The summed E-state index contributed by atoms with van der Waals surface area (Å²) in [5.74, 6) is 2.71. The molecule has 6 nitrogen and oxygen atoms in total. The smallest absolute Gasteiger partial charge is 0.407 e. The summed E-state index contributed by atoms with van der Waals surface area (Å²) >= 11 is 0. The zero-order valence-electron chi connectivity index (χ0n) is 12.4. The lowest BCUT2D eigenvalue weighted by atomic mass is 9.73. The van der Waals surface area contributed by atoms with E-state index in [4.69, 9.17) is 16.3 Å². The van der Waals surface area contributed by atoms with E-state index in [1.54, 1.807) is 20.8 Å². The van der Waals surface area contributed by atoms with E-state index in [2.05, 4.69) is 11.2 Å². The highest BCUT2D eigenvalue weighted by molar-refractivity contribution is 5.68. The predicted molar refractivity (Wildman–Crippen MR) is 74.3 cm³/mol. The number of terminal acetylenes is 1. The third-order valence-electron chi connectivity index (χ3n) is 3.38. The number of nitrogens with one attached hydrogen (secondary N) is 1. The van der Waals surface area contributed by atoms with Crippen molar-refractivity contribution in [1.82, 2.24) is 10.2 Å². The molecule has 1 saturated heterocycles. The van der Waals surface area contributed by atoms with Crippen LogP contribution in [0, 0.1) is 23.7 Å².